The SMILES string of the molecule is C[C@@H]1CN(C(=O)c2ccc(Br)cc2Cl)CCO1. The first-order chi connectivity index (χ1) is 8.08. The molecule has 1 atom stereocenters. The Hall–Kier alpha value is -0.580. The maximum absolute atomic E-state index is 12.2. The Labute approximate surface area is 114 Å². The van der Waals surface area contributed by atoms with E-state index in [0.29, 0.717) is 30.3 Å². The van der Waals surface area contributed by atoms with Gasteiger partial charge in [0.1, 0.15) is 0 Å². The zero-order valence-electron chi connectivity index (χ0n) is 9.45. The van der Waals surface area contributed by atoms with E-state index >= 15 is 0 Å². The van der Waals surface area contributed by atoms with Crippen LogP contribution in [-0.4, -0.2) is 36.6 Å². The van der Waals surface area contributed by atoms with E-state index in [0.717, 1.165) is 4.47 Å². The Morgan fingerprint density at radius 1 is 1.59 bits per heavy atom. The Kier molecular flexibility index (Phi) is 4.07. The number of carbonyl (C=O) groups is 1. The standard InChI is InChI=1S/C12H13BrClNO2/c1-8-7-15(4-5-17-8)12(16)10-3-2-9(13)6-11(10)14/h2-3,6,8H,4-5,7H2,1H3/t8-/m1/s1. The third kappa shape index (κ3) is 3.00. The van der Waals surface area contributed by atoms with E-state index in [-0.39, 0.29) is 12.0 Å². The lowest BCUT2D eigenvalue weighted by Crippen LogP contribution is -2.44. The molecule has 0 radical (unpaired) electrons. The molecule has 1 aromatic carbocycles. The van der Waals surface area contributed by atoms with Gasteiger partial charge >= 0.3 is 0 Å². The van der Waals surface area contributed by atoms with Gasteiger partial charge in [0.2, 0.25) is 0 Å². The lowest BCUT2D eigenvalue weighted by atomic mass is 10.2. The first-order valence-electron chi connectivity index (χ1n) is 5.44. The number of rotatable bonds is 1. The Balaban J connectivity index is 2.18. The van der Waals surface area contributed by atoms with E-state index in [1.165, 1.54) is 0 Å². The molecular formula is C12H13BrClNO2. The van der Waals surface area contributed by atoms with Gasteiger partial charge in [0.15, 0.2) is 0 Å². The predicted octanol–water partition coefficient (Wildman–Crippen LogP) is 2.96. The van der Waals surface area contributed by atoms with Gasteiger partial charge in [-0.1, -0.05) is 27.5 Å². The number of nitrogens with zero attached hydrogens (tertiary/aromatic N) is 1. The smallest absolute Gasteiger partial charge is 0.255 e. The Bertz CT molecular complexity index is 439. The highest BCUT2D eigenvalue weighted by atomic mass is 79.9. The van der Waals surface area contributed by atoms with E-state index < -0.39 is 0 Å². The molecule has 0 aromatic heterocycles. The topological polar surface area (TPSA) is 29.5 Å². The first kappa shape index (κ1) is 12.9. The summed E-state index contributed by atoms with van der Waals surface area (Å²) in [6.07, 6.45) is 0.0851. The second-order valence-electron chi connectivity index (χ2n) is 4.06. The van der Waals surface area contributed by atoms with Crippen molar-refractivity contribution in [2.45, 2.75) is 13.0 Å². The summed E-state index contributed by atoms with van der Waals surface area (Å²) in [5.41, 5.74) is 0.545. The number of amides is 1. The summed E-state index contributed by atoms with van der Waals surface area (Å²) < 4.78 is 6.28. The van der Waals surface area contributed by atoms with Crippen molar-refractivity contribution in [2.24, 2.45) is 0 Å². The average Bonchev–Trinajstić information content (AvgIpc) is 2.28. The maximum Gasteiger partial charge on any atom is 0.255 e. The fourth-order valence-corrected chi connectivity index (χ4v) is 2.59. The van der Waals surface area contributed by atoms with Crippen LogP contribution in [0.5, 0.6) is 0 Å². The fourth-order valence-electron chi connectivity index (χ4n) is 1.84. The largest absolute Gasteiger partial charge is 0.375 e. The van der Waals surface area contributed by atoms with E-state index in [2.05, 4.69) is 15.9 Å². The molecular weight excluding hydrogens is 305 g/mol. The van der Waals surface area contributed by atoms with Crippen LogP contribution in [0.4, 0.5) is 0 Å². The summed E-state index contributed by atoms with van der Waals surface area (Å²) in [5, 5.41) is 0.475. The summed E-state index contributed by atoms with van der Waals surface area (Å²) in [7, 11) is 0. The molecule has 1 aliphatic heterocycles. The van der Waals surface area contributed by atoms with Gasteiger partial charge in [0.05, 0.1) is 23.3 Å². The molecule has 17 heavy (non-hydrogen) atoms. The van der Waals surface area contributed by atoms with Crippen LogP contribution in [0.25, 0.3) is 0 Å². The third-order valence-corrected chi connectivity index (χ3v) is 3.50. The molecule has 0 N–H and O–H groups in total. The van der Waals surface area contributed by atoms with Crippen LogP contribution in [0, 0.1) is 0 Å². The van der Waals surface area contributed by atoms with Gasteiger partial charge < -0.3 is 9.64 Å². The number of hydrogen-bond acceptors (Lipinski definition) is 2. The Morgan fingerprint density at radius 3 is 3.00 bits per heavy atom. The molecule has 5 heteroatoms. The molecule has 1 aliphatic rings. The van der Waals surface area contributed by atoms with Crippen molar-refractivity contribution in [3.8, 4) is 0 Å². The van der Waals surface area contributed by atoms with E-state index in [1.807, 2.05) is 13.0 Å². The van der Waals surface area contributed by atoms with E-state index in [4.69, 9.17) is 16.3 Å². The van der Waals surface area contributed by atoms with Crippen LogP contribution in [0.15, 0.2) is 22.7 Å². The second-order valence-corrected chi connectivity index (χ2v) is 5.38. The molecule has 0 saturated carbocycles. The maximum atomic E-state index is 12.2. The van der Waals surface area contributed by atoms with Gasteiger partial charge in [-0.25, -0.2) is 0 Å². The highest BCUT2D eigenvalue weighted by Gasteiger charge is 2.23. The van der Waals surface area contributed by atoms with Crippen LogP contribution >= 0.6 is 27.5 Å². The Morgan fingerprint density at radius 2 is 2.35 bits per heavy atom. The second kappa shape index (κ2) is 5.38. The summed E-state index contributed by atoms with van der Waals surface area (Å²) in [6.45, 7) is 3.78. The number of morpholine rings is 1. The van der Waals surface area contributed by atoms with Crippen molar-refractivity contribution in [2.75, 3.05) is 19.7 Å². The molecule has 2 rings (SSSR count). The van der Waals surface area contributed by atoms with Crippen molar-refractivity contribution >= 4 is 33.4 Å². The summed E-state index contributed by atoms with van der Waals surface area (Å²) >= 11 is 9.39. The van der Waals surface area contributed by atoms with Gasteiger partial charge in [-0.3, -0.25) is 4.79 Å². The quantitative estimate of drug-likeness (QED) is 0.797. The molecule has 3 nitrogen and oxygen atoms in total. The van der Waals surface area contributed by atoms with Gasteiger partial charge in [-0.15, -0.1) is 0 Å². The molecule has 0 unspecified atom stereocenters. The van der Waals surface area contributed by atoms with Crippen LogP contribution in [0.2, 0.25) is 5.02 Å². The van der Waals surface area contributed by atoms with Crippen LogP contribution in [0.3, 0.4) is 0 Å². The molecule has 0 aliphatic carbocycles. The van der Waals surface area contributed by atoms with Crippen LogP contribution < -0.4 is 0 Å². The van der Waals surface area contributed by atoms with Crippen molar-refractivity contribution in [3.63, 3.8) is 0 Å². The highest BCUT2D eigenvalue weighted by molar-refractivity contribution is 9.10. The number of benzene rings is 1. The zero-order valence-corrected chi connectivity index (χ0v) is 11.8. The van der Waals surface area contributed by atoms with Crippen molar-refractivity contribution in [1.82, 2.24) is 4.90 Å². The van der Waals surface area contributed by atoms with Gasteiger partial charge in [-0.2, -0.15) is 0 Å². The molecule has 1 saturated heterocycles. The van der Waals surface area contributed by atoms with Crippen molar-refractivity contribution in [1.29, 1.82) is 0 Å². The molecule has 1 heterocycles. The molecule has 1 amide bonds. The minimum atomic E-state index is -0.0300. The summed E-state index contributed by atoms with van der Waals surface area (Å²) in [4.78, 5) is 14.0. The summed E-state index contributed by atoms with van der Waals surface area (Å²) in [5.74, 6) is -0.0300. The monoisotopic (exact) mass is 317 g/mol. The van der Waals surface area contributed by atoms with Crippen molar-refractivity contribution < 1.29 is 9.53 Å². The first-order valence-corrected chi connectivity index (χ1v) is 6.61. The normalized spacial score (nSPS) is 20.4. The van der Waals surface area contributed by atoms with Crippen LogP contribution in [0.1, 0.15) is 17.3 Å². The fraction of sp³-hybridized carbons (Fsp3) is 0.417. The molecule has 1 fully saturated rings. The predicted molar refractivity (Wildman–Crippen MR) is 70.5 cm³/mol. The number of hydrogen-bond donors (Lipinski definition) is 0. The molecule has 1 aromatic rings. The number of carbonyl (C=O) groups excluding carboxylic acids is 1. The molecule has 0 spiro atoms. The molecule has 0 bridgehead atoms. The van der Waals surface area contributed by atoms with Gasteiger partial charge in [-0.05, 0) is 25.1 Å². The van der Waals surface area contributed by atoms with Crippen LogP contribution in [-0.2, 0) is 4.74 Å². The average molecular weight is 319 g/mol. The van der Waals surface area contributed by atoms with Crippen molar-refractivity contribution in [3.05, 3.63) is 33.3 Å². The van der Waals surface area contributed by atoms with Gasteiger partial charge in [0.25, 0.3) is 5.91 Å². The molecule has 92 valence electrons. The minimum absolute atomic E-state index is 0.0300. The number of halogens is 2. The van der Waals surface area contributed by atoms with E-state index in [9.17, 15) is 4.79 Å². The lowest BCUT2D eigenvalue weighted by molar-refractivity contribution is -0.0124. The van der Waals surface area contributed by atoms with Gasteiger partial charge in [0, 0.05) is 17.6 Å². The highest BCUT2D eigenvalue weighted by Crippen LogP contribution is 2.23. The third-order valence-electron chi connectivity index (χ3n) is 2.69. The number of ether oxygens (including phenoxy) is 1. The zero-order chi connectivity index (χ0) is 12.4. The summed E-state index contributed by atoms with van der Waals surface area (Å²) in [6, 6.07) is 5.30. The minimum Gasteiger partial charge on any atom is -0.375 e. The van der Waals surface area contributed by atoms with E-state index in [1.54, 1.807) is 17.0 Å². The lowest BCUT2D eigenvalue weighted by Gasteiger charge is -2.31.